The summed E-state index contributed by atoms with van der Waals surface area (Å²) in [4.78, 5) is 0. The largest absolute Gasteiger partial charge is 0.375 e. The van der Waals surface area contributed by atoms with E-state index in [1.165, 1.54) is 0 Å². The predicted molar refractivity (Wildman–Crippen MR) is 124 cm³/mol. The topological polar surface area (TPSA) is 148 Å². The van der Waals surface area contributed by atoms with Crippen molar-refractivity contribution in [2.75, 3.05) is 0 Å². The van der Waals surface area contributed by atoms with Gasteiger partial charge in [-0.25, -0.2) is 0 Å². The highest BCUT2D eigenvalue weighted by Crippen LogP contribution is 2.24. The van der Waals surface area contributed by atoms with Gasteiger partial charge in [-0.05, 0) is 35.6 Å². The van der Waals surface area contributed by atoms with Crippen LogP contribution in [0.15, 0.2) is 70.9 Å². The zero-order chi connectivity index (χ0) is 21.9. The molecule has 0 aliphatic heterocycles. The summed E-state index contributed by atoms with van der Waals surface area (Å²) in [5.74, 6) is -1.75. The lowest BCUT2D eigenvalue weighted by Crippen LogP contribution is -2.35. The normalized spacial score (nSPS) is 13.3. The van der Waals surface area contributed by atoms with Crippen LogP contribution in [0, 0.1) is 22.7 Å². The quantitative estimate of drug-likeness (QED) is 0.294. The minimum Gasteiger partial charge on any atom is -0.375 e. The van der Waals surface area contributed by atoms with Crippen LogP contribution in [-0.2, 0) is 0 Å². The third kappa shape index (κ3) is 6.07. The molecule has 0 fully saturated rings. The number of nitrogens with one attached hydrogen (secondary N) is 2. The van der Waals surface area contributed by atoms with Gasteiger partial charge >= 0.3 is 0 Å². The maximum absolute atomic E-state index is 9.93. The van der Waals surface area contributed by atoms with Crippen molar-refractivity contribution in [1.82, 2.24) is 10.9 Å². The number of rotatable bonds is 7. The van der Waals surface area contributed by atoms with E-state index < -0.39 is 11.8 Å². The second-order valence-corrected chi connectivity index (χ2v) is 6.77. The molecule has 2 rings (SSSR count). The molecule has 0 spiro atoms. The number of benzene rings is 2. The van der Waals surface area contributed by atoms with E-state index in [0.29, 0.717) is 11.1 Å². The number of hydrogen-bond donors (Lipinski definition) is 4. The Kier molecular flexibility index (Phi) is 8.39. The van der Waals surface area contributed by atoms with Crippen molar-refractivity contribution in [3.8, 4) is 12.1 Å². The zero-order valence-corrected chi connectivity index (χ0v) is 17.3. The lowest BCUT2D eigenvalue weighted by atomic mass is 9.85. The Morgan fingerprint density at radius 3 is 1.33 bits per heavy atom. The van der Waals surface area contributed by atoms with Crippen LogP contribution >= 0.6 is 24.4 Å². The molecular formula is C20H18N8S2. The molecule has 0 aliphatic carbocycles. The number of thiocarbonyl (C=S) groups is 2. The molecule has 0 radical (unpaired) electrons. The van der Waals surface area contributed by atoms with Gasteiger partial charge in [-0.1, -0.05) is 60.7 Å². The van der Waals surface area contributed by atoms with E-state index in [2.05, 4.69) is 33.2 Å². The minimum absolute atomic E-state index is 0.105. The zero-order valence-electron chi connectivity index (χ0n) is 15.7. The molecule has 6 N–H and O–H groups in total. The van der Waals surface area contributed by atoms with Crippen molar-refractivity contribution in [3.05, 3.63) is 71.8 Å². The van der Waals surface area contributed by atoms with Crippen LogP contribution in [0.5, 0.6) is 0 Å². The molecule has 8 nitrogen and oxygen atoms in total. The van der Waals surface area contributed by atoms with Gasteiger partial charge in [-0.2, -0.15) is 20.7 Å². The van der Waals surface area contributed by atoms with Gasteiger partial charge in [0.05, 0.1) is 12.1 Å². The molecule has 2 atom stereocenters. The van der Waals surface area contributed by atoms with E-state index in [9.17, 15) is 10.5 Å². The van der Waals surface area contributed by atoms with Crippen LogP contribution in [0.2, 0.25) is 0 Å². The molecule has 0 saturated heterocycles. The molecule has 0 amide bonds. The molecule has 0 aromatic heterocycles. The van der Waals surface area contributed by atoms with Gasteiger partial charge in [-0.3, -0.25) is 10.9 Å². The lowest BCUT2D eigenvalue weighted by molar-refractivity contribution is 0.974. The molecule has 0 saturated carbocycles. The standard InChI is InChI=1S/C20H18N8S2/c21-11-15(13-7-3-1-4-8-13)17(25-27-19(23)29)18(26-28-20(24)30)16(12-22)14-9-5-2-6-10-14/h1-10,15-16H,(H3,23,27,29)(H3,24,28,30)/b25-17-,26-18-/t15-,16+. The fraction of sp³-hybridized carbons (Fsp3) is 0.100. The van der Waals surface area contributed by atoms with Crippen LogP contribution in [0.3, 0.4) is 0 Å². The predicted octanol–water partition coefficient (Wildman–Crippen LogP) is 1.98. The van der Waals surface area contributed by atoms with E-state index in [-0.39, 0.29) is 21.6 Å². The molecule has 0 aliphatic rings. The smallest absolute Gasteiger partial charge is 0.184 e. The Balaban J connectivity index is 2.69. The van der Waals surface area contributed by atoms with Gasteiger partial charge in [0.2, 0.25) is 0 Å². The summed E-state index contributed by atoms with van der Waals surface area (Å²) in [7, 11) is 0. The molecule has 150 valence electrons. The van der Waals surface area contributed by atoms with Crippen molar-refractivity contribution >= 4 is 46.1 Å². The summed E-state index contributed by atoms with van der Waals surface area (Å²) >= 11 is 9.70. The van der Waals surface area contributed by atoms with E-state index in [1.807, 2.05) is 12.1 Å². The van der Waals surface area contributed by atoms with Crippen LogP contribution in [-0.4, -0.2) is 21.6 Å². The van der Waals surface area contributed by atoms with Crippen molar-refractivity contribution in [1.29, 1.82) is 10.5 Å². The summed E-state index contributed by atoms with van der Waals surface area (Å²) in [5, 5.41) is 28.1. The summed E-state index contributed by atoms with van der Waals surface area (Å²) in [5.41, 5.74) is 17.6. The van der Waals surface area contributed by atoms with Crippen LogP contribution in [0.25, 0.3) is 0 Å². The van der Waals surface area contributed by atoms with Gasteiger partial charge in [0, 0.05) is 0 Å². The summed E-state index contributed by atoms with van der Waals surface area (Å²) < 4.78 is 0. The first kappa shape index (κ1) is 22.4. The maximum atomic E-state index is 9.93. The average Bonchev–Trinajstić information content (AvgIpc) is 2.75. The SMILES string of the molecule is N#C[C@H](C(=N/NC(N)=S)/C(=N\NC(N)=S)[C@H](C#N)c1ccccc1)c1ccccc1. The lowest BCUT2D eigenvalue weighted by Gasteiger charge is -2.19. The number of nitrogens with two attached hydrogens (primary N) is 2. The Morgan fingerprint density at radius 2 is 1.07 bits per heavy atom. The van der Waals surface area contributed by atoms with Crippen molar-refractivity contribution in [2.24, 2.45) is 21.7 Å². The number of hydrogen-bond acceptors (Lipinski definition) is 6. The highest BCUT2D eigenvalue weighted by atomic mass is 32.1. The summed E-state index contributed by atoms with van der Waals surface area (Å²) in [6, 6.07) is 22.3. The van der Waals surface area contributed by atoms with Gasteiger partial charge < -0.3 is 11.5 Å². The van der Waals surface area contributed by atoms with E-state index in [1.54, 1.807) is 48.5 Å². The Bertz CT molecular complexity index is 950. The number of nitriles is 2. The van der Waals surface area contributed by atoms with E-state index in [4.69, 9.17) is 35.9 Å². The van der Waals surface area contributed by atoms with E-state index in [0.717, 1.165) is 0 Å². The van der Waals surface area contributed by atoms with Crippen LogP contribution in [0.4, 0.5) is 0 Å². The highest BCUT2D eigenvalue weighted by molar-refractivity contribution is 7.80. The maximum Gasteiger partial charge on any atom is 0.184 e. The van der Waals surface area contributed by atoms with Crippen molar-refractivity contribution in [3.63, 3.8) is 0 Å². The van der Waals surface area contributed by atoms with Gasteiger partial charge in [0.15, 0.2) is 10.2 Å². The monoisotopic (exact) mass is 434 g/mol. The first-order valence-corrected chi connectivity index (χ1v) is 9.45. The molecule has 2 aromatic rings. The second kappa shape index (κ2) is 11.2. The molecule has 0 heterocycles. The van der Waals surface area contributed by atoms with Crippen LogP contribution in [0.1, 0.15) is 23.0 Å². The molecule has 30 heavy (non-hydrogen) atoms. The van der Waals surface area contributed by atoms with Gasteiger partial charge in [-0.15, -0.1) is 0 Å². The highest BCUT2D eigenvalue weighted by Gasteiger charge is 2.30. The molecule has 0 unspecified atom stereocenters. The fourth-order valence-electron chi connectivity index (χ4n) is 2.65. The number of nitrogens with zero attached hydrogens (tertiary/aromatic N) is 4. The Labute approximate surface area is 184 Å². The molecule has 2 aromatic carbocycles. The first-order valence-electron chi connectivity index (χ1n) is 8.63. The molecule has 10 heteroatoms. The Hall–Kier alpha value is -3.86. The van der Waals surface area contributed by atoms with Crippen molar-refractivity contribution in [2.45, 2.75) is 11.8 Å². The number of hydrazone groups is 2. The first-order chi connectivity index (χ1) is 14.5. The molecule has 0 bridgehead atoms. The summed E-state index contributed by atoms with van der Waals surface area (Å²) in [6.45, 7) is 0. The van der Waals surface area contributed by atoms with E-state index >= 15 is 0 Å². The third-order valence-electron chi connectivity index (χ3n) is 3.91. The third-order valence-corrected chi connectivity index (χ3v) is 4.09. The van der Waals surface area contributed by atoms with Gasteiger partial charge in [0.1, 0.15) is 23.3 Å². The fourth-order valence-corrected chi connectivity index (χ4v) is 2.74. The van der Waals surface area contributed by atoms with Gasteiger partial charge in [0.25, 0.3) is 0 Å². The second-order valence-electron chi connectivity index (χ2n) is 5.89. The average molecular weight is 435 g/mol. The van der Waals surface area contributed by atoms with Crippen molar-refractivity contribution < 1.29 is 0 Å². The molecular weight excluding hydrogens is 416 g/mol. The minimum atomic E-state index is -0.875. The Morgan fingerprint density at radius 1 is 0.733 bits per heavy atom. The summed E-state index contributed by atoms with van der Waals surface area (Å²) in [6.07, 6.45) is 0. The van der Waals surface area contributed by atoms with Crippen LogP contribution < -0.4 is 22.3 Å².